The van der Waals surface area contributed by atoms with Crippen molar-refractivity contribution in [2.75, 3.05) is 19.6 Å². The lowest BCUT2D eigenvalue weighted by atomic mass is 10.0. The summed E-state index contributed by atoms with van der Waals surface area (Å²) in [6.45, 7) is 1.26. The number of benzene rings is 2. The van der Waals surface area contributed by atoms with Crippen LogP contribution in [0.3, 0.4) is 0 Å². The van der Waals surface area contributed by atoms with Gasteiger partial charge in [0.1, 0.15) is 16.5 Å². The van der Waals surface area contributed by atoms with E-state index in [2.05, 4.69) is 0 Å². The largest absolute Gasteiger partial charge is 0.335 e. The molecule has 2 aromatic carbocycles. The molecule has 1 atom stereocenters. The Hall–Kier alpha value is -2.32. The lowest BCUT2D eigenvalue weighted by Gasteiger charge is -2.25. The number of sulfonamides is 1. The van der Waals surface area contributed by atoms with Crippen molar-refractivity contribution in [3.63, 3.8) is 0 Å². The highest BCUT2D eigenvalue weighted by Gasteiger charge is 2.33. The minimum Gasteiger partial charge on any atom is -0.335 e. The molecule has 30 heavy (non-hydrogen) atoms. The molecule has 8 heteroatoms. The average molecular weight is 435 g/mol. The number of hydrogen-bond acceptors (Lipinski definition) is 3. The molecule has 0 bridgehead atoms. The first-order valence-corrected chi connectivity index (χ1v) is 11.7. The van der Waals surface area contributed by atoms with E-state index < -0.39 is 20.7 Å². The minimum atomic E-state index is -3.97. The molecule has 2 aromatic rings. The van der Waals surface area contributed by atoms with Gasteiger partial charge in [0.15, 0.2) is 0 Å². The van der Waals surface area contributed by atoms with Crippen LogP contribution in [-0.4, -0.2) is 49.2 Å². The van der Waals surface area contributed by atoms with Crippen LogP contribution in [0.4, 0.5) is 8.78 Å². The summed E-state index contributed by atoms with van der Waals surface area (Å²) in [5, 5.41) is 0. The van der Waals surface area contributed by atoms with E-state index in [0.717, 1.165) is 43.4 Å². The van der Waals surface area contributed by atoms with E-state index in [1.165, 1.54) is 22.5 Å². The molecule has 1 unspecified atom stereocenters. The summed E-state index contributed by atoms with van der Waals surface area (Å²) >= 11 is 0. The van der Waals surface area contributed by atoms with Gasteiger partial charge in [0.2, 0.25) is 10.0 Å². The quantitative estimate of drug-likeness (QED) is 0.723. The Kier molecular flexibility index (Phi) is 5.88. The molecule has 0 saturated carbocycles. The predicted octanol–water partition coefficient (Wildman–Crippen LogP) is 3.60. The normalized spacial score (nSPS) is 20.1. The molecule has 0 aliphatic carbocycles. The third-order valence-corrected chi connectivity index (χ3v) is 7.77. The summed E-state index contributed by atoms with van der Waals surface area (Å²) in [7, 11) is -3.97. The first kappa shape index (κ1) is 20.9. The van der Waals surface area contributed by atoms with Crippen LogP contribution in [0.15, 0.2) is 47.4 Å². The molecule has 2 fully saturated rings. The van der Waals surface area contributed by atoms with E-state index in [1.54, 1.807) is 11.0 Å². The maximum atomic E-state index is 14.4. The number of rotatable bonds is 5. The molecule has 5 nitrogen and oxygen atoms in total. The van der Waals surface area contributed by atoms with Crippen LogP contribution in [0.25, 0.3) is 0 Å². The number of likely N-dealkylation sites (tertiary alicyclic amines) is 1. The van der Waals surface area contributed by atoms with Gasteiger partial charge >= 0.3 is 0 Å². The molecule has 1 amide bonds. The van der Waals surface area contributed by atoms with Crippen molar-refractivity contribution >= 4 is 15.9 Å². The van der Waals surface area contributed by atoms with E-state index in [0.29, 0.717) is 26.1 Å². The highest BCUT2D eigenvalue weighted by atomic mass is 32.2. The van der Waals surface area contributed by atoms with Crippen LogP contribution in [0.5, 0.6) is 0 Å². The summed E-state index contributed by atoms with van der Waals surface area (Å²) in [6, 6.07) is 9.73. The summed E-state index contributed by atoms with van der Waals surface area (Å²) in [6.07, 6.45) is 3.60. The van der Waals surface area contributed by atoms with Gasteiger partial charge in [-0.2, -0.15) is 4.31 Å². The van der Waals surface area contributed by atoms with Crippen molar-refractivity contribution in [1.82, 2.24) is 9.21 Å². The van der Waals surface area contributed by atoms with Crippen LogP contribution in [0.1, 0.15) is 41.6 Å². The summed E-state index contributed by atoms with van der Waals surface area (Å²) in [5.74, 6) is -1.50. The predicted molar refractivity (Wildman–Crippen MR) is 109 cm³/mol. The first-order chi connectivity index (χ1) is 14.4. The highest BCUT2D eigenvalue weighted by molar-refractivity contribution is 7.89. The van der Waals surface area contributed by atoms with Gasteiger partial charge in [-0.15, -0.1) is 0 Å². The Morgan fingerprint density at radius 1 is 1.00 bits per heavy atom. The molecular weight excluding hydrogens is 410 g/mol. The zero-order valence-electron chi connectivity index (χ0n) is 16.6. The SMILES string of the molecule is O=C(c1ccc(F)c(S(=O)(=O)N2CCCC2)c1)N1CCCC1Cc1cccc(F)c1. The zero-order valence-corrected chi connectivity index (χ0v) is 17.4. The molecule has 2 aliphatic heterocycles. The number of carbonyl (C=O) groups excluding carboxylic acids is 1. The van der Waals surface area contributed by atoms with E-state index in [-0.39, 0.29) is 23.3 Å². The van der Waals surface area contributed by atoms with Gasteiger partial charge in [-0.1, -0.05) is 12.1 Å². The lowest BCUT2D eigenvalue weighted by molar-refractivity contribution is 0.0736. The first-order valence-electron chi connectivity index (χ1n) is 10.2. The van der Waals surface area contributed by atoms with Crippen LogP contribution < -0.4 is 0 Å². The Morgan fingerprint density at radius 2 is 1.77 bits per heavy atom. The minimum absolute atomic E-state index is 0.108. The Balaban J connectivity index is 1.58. The lowest BCUT2D eigenvalue weighted by Crippen LogP contribution is -2.37. The van der Waals surface area contributed by atoms with Crippen LogP contribution >= 0.6 is 0 Å². The summed E-state index contributed by atoms with van der Waals surface area (Å²) in [5.41, 5.74) is 0.955. The van der Waals surface area contributed by atoms with Gasteiger partial charge in [0.05, 0.1) is 0 Å². The van der Waals surface area contributed by atoms with Crippen LogP contribution in [-0.2, 0) is 16.4 Å². The number of nitrogens with zero attached hydrogens (tertiary/aromatic N) is 2. The monoisotopic (exact) mass is 434 g/mol. The fourth-order valence-corrected chi connectivity index (χ4v) is 5.93. The molecule has 2 aliphatic rings. The Labute approximate surface area is 175 Å². The van der Waals surface area contributed by atoms with E-state index in [1.807, 2.05) is 6.07 Å². The van der Waals surface area contributed by atoms with Crippen molar-refractivity contribution < 1.29 is 22.0 Å². The standard InChI is InChI=1S/C22H24F2N2O3S/c23-18-6-3-5-16(13-18)14-19-7-4-12-26(19)22(27)17-8-9-20(24)21(15-17)30(28,29)25-10-1-2-11-25/h3,5-6,8-9,13,15,19H,1-2,4,7,10-12,14H2. The molecule has 0 radical (unpaired) electrons. The smallest absolute Gasteiger partial charge is 0.254 e. The highest BCUT2D eigenvalue weighted by Crippen LogP contribution is 2.27. The zero-order chi connectivity index (χ0) is 21.3. The molecule has 2 heterocycles. The van der Waals surface area contributed by atoms with Crippen molar-refractivity contribution in [1.29, 1.82) is 0 Å². The second-order valence-corrected chi connectivity index (χ2v) is 9.79. The average Bonchev–Trinajstić information content (AvgIpc) is 3.40. The third-order valence-electron chi connectivity index (χ3n) is 5.86. The van der Waals surface area contributed by atoms with Gasteiger partial charge < -0.3 is 4.90 Å². The number of carbonyl (C=O) groups is 1. The van der Waals surface area contributed by atoms with Gasteiger partial charge in [0.25, 0.3) is 5.91 Å². The van der Waals surface area contributed by atoms with Gasteiger partial charge in [-0.25, -0.2) is 17.2 Å². The molecule has 4 rings (SSSR count). The fraction of sp³-hybridized carbons (Fsp3) is 0.409. The molecule has 0 N–H and O–H groups in total. The van der Waals surface area contributed by atoms with E-state index >= 15 is 0 Å². The molecule has 2 saturated heterocycles. The maximum absolute atomic E-state index is 14.4. The Morgan fingerprint density at radius 3 is 2.50 bits per heavy atom. The third kappa shape index (κ3) is 4.11. The Bertz CT molecular complexity index is 1050. The summed E-state index contributed by atoms with van der Waals surface area (Å²) in [4.78, 5) is 14.4. The number of hydrogen-bond donors (Lipinski definition) is 0. The number of halogens is 2. The van der Waals surface area contributed by atoms with Crippen molar-refractivity contribution in [3.05, 3.63) is 65.2 Å². The molecule has 0 spiro atoms. The van der Waals surface area contributed by atoms with Gasteiger partial charge in [-0.05, 0) is 68.0 Å². The number of amides is 1. The van der Waals surface area contributed by atoms with Crippen LogP contribution in [0, 0.1) is 11.6 Å². The van der Waals surface area contributed by atoms with Crippen molar-refractivity contribution in [2.45, 2.75) is 43.0 Å². The maximum Gasteiger partial charge on any atom is 0.254 e. The van der Waals surface area contributed by atoms with Crippen molar-refractivity contribution in [2.24, 2.45) is 0 Å². The molecule has 0 aromatic heterocycles. The van der Waals surface area contributed by atoms with Crippen LogP contribution in [0.2, 0.25) is 0 Å². The summed E-state index contributed by atoms with van der Waals surface area (Å²) < 4.78 is 54.8. The molecule has 160 valence electrons. The second-order valence-electron chi connectivity index (χ2n) is 7.89. The van der Waals surface area contributed by atoms with E-state index in [4.69, 9.17) is 0 Å². The fourth-order valence-electron chi connectivity index (χ4n) is 4.32. The van der Waals surface area contributed by atoms with Gasteiger partial charge in [0, 0.05) is 31.2 Å². The van der Waals surface area contributed by atoms with Crippen molar-refractivity contribution in [3.8, 4) is 0 Å². The second kappa shape index (κ2) is 8.43. The van der Waals surface area contributed by atoms with E-state index in [9.17, 15) is 22.0 Å². The molecular formula is C22H24F2N2O3S. The van der Waals surface area contributed by atoms with Gasteiger partial charge in [-0.3, -0.25) is 4.79 Å². The topological polar surface area (TPSA) is 57.7 Å².